The zero-order chi connectivity index (χ0) is 44.5. The minimum atomic E-state index is -0.276. The molecule has 63 heavy (non-hydrogen) atoms. The number of anilines is 2. The van der Waals surface area contributed by atoms with Crippen molar-refractivity contribution in [3.63, 3.8) is 0 Å². The van der Waals surface area contributed by atoms with Gasteiger partial charge in [0.25, 0.3) is 0 Å². The molecule has 2 heterocycles. The fourth-order valence-corrected chi connectivity index (χ4v) is 10.6. The Hall–Kier alpha value is -3.69. The Bertz CT molecular complexity index is 1700. The van der Waals surface area contributed by atoms with E-state index in [0.717, 1.165) is 54.7 Å². The molecule has 3 aromatic rings. The summed E-state index contributed by atoms with van der Waals surface area (Å²) in [6.45, 7) is 10.6. The quantitative estimate of drug-likeness (QED) is 0.142. The van der Waals surface area contributed by atoms with E-state index < -0.39 is 0 Å². The Morgan fingerprint density at radius 2 is 1.03 bits per heavy atom. The molecule has 0 unspecified atom stereocenters. The number of ether oxygens (including phenoxy) is 1. The van der Waals surface area contributed by atoms with Gasteiger partial charge in [-0.3, -0.25) is 9.59 Å². The number of hydrogen-bond donors (Lipinski definition) is 0. The molecule has 0 spiro atoms. The van der Waals surface area contributed by atoms with E-state index in [1.807, 2.05) is 103 Å². The average Bonchev–Trinajstić information content (AvgIpc) is 3.35. The van der Waals surface area contributed by atoms with Gasteiger partial charge in [-0.25, -0.2) is 4.79 Å². The zero-order valence-electron chi connectivity index (χ0n) is 38.9. The Balaban J connectivity index is 0.000000199. The Labute approximate surface area is 389 Å². The van der Waals surface area contributed by atoms with Crippen molar-refractivity contribution in [1.82, 2.24) is 9.80 Å². The number of benzene rings is 3. The van der Waals surface area contributed by atoms with E-state index in [2.05, 4.69) is 33.0 Å². The highest BCUT2D eigenvalue weighted by molar-refractivity contribution is 9.09. The summed E-state index contributed by atoms with van der Waals surface area (Å²) in [6.07, 6.45) is 22.7. The van der Waals surface area contributed by atoms with Crippen LogP contribution in [-0.2, 0) is 20.9 Å². The van der Waals surface area contributed by atoms with Gasteiger partial charge in [-0.1, -0.05) is 161 Å². The predicted molar refractivity (Wildman–Crippen MR) is 264 cm³/mol. The maximum absolute atomic E-state index is 12.5. The van der Waals surface area contributed by atoms with E-state index >= 15 is 0 Å². The minimum absolute atomic E-state index is 0.106. The summed E-state index contributed by atoms with van der Waals surface area (Å²) >= 11 is 3.48. The standard InChI is InChI=1S/C23H28N2O3.C23H36N2O.C8H15Br/c1-2-22(26)25(21-13-7-4-8-14-21)17-20-12-9-15-24(16-20)23(27)28-18-19-10-5-3-6-11-19;1-2-23(26)25(22-13-7-4-8-14-22)19-21-12-9-16-24(18-21)17-15-20-10-5-3-6-11-20;9-7-6-8-4-2-1-3-5-8/h3-8,10-11,13-14,20H,2,9,12,15-18H2,1H3;4,7-8,13-14,20-21H,2-3,5-6,9-12,15-19H2,1H3;8H,1-7H2/t20-;21-;/m11./s1. The number of carbonyl (C=O) groups excluding carboxylic acids is 3. The van der Waals surface area contributed by atoms with Crippen LogP contribution in [0.3, 0.4) is 0 Å². The van der Waals surface area contributed by atoms with Gasteiger partial charge in [-0.2, -0.15) is 0 Å². The van der Waals surface area contributed by atoms with Crippen LogP contribution in [0.4, 0.5) is 16.2 Å². The first-order valence-corrected chi connectivity index (χ1v) is 25.9. The lowest BCUT2D eigenvalue weighted by Crippen LogP contribution is -2.45. The van der Waals surface area contributed by atoms with E-state index in [1.165, 1.54) is 108 Å². The molecule has 346 valence electrons. The summed E-state index contributed by atoms with van der Waals surface area (Å²) in [5.41, 5.74) is 2.95. The summed E-state index contributed by atoms with van der Waals surface area (Å²) in [4.78, 5) is 45.8. The second-order valence-corrected chi connectivity index (χ2v) is 19.3. The van der Waals surface area contributed by atoms with Crippen molar-refractivity contribution in [1.29, 1.82) is 0 Å². The van der Waals surface area contributed by atoms with Crippen molar-refractivity contribution < 1.29 is 19.1 Å². The van der Waals surface area contributed by atoms with Crippen LogP contribution in [0.1, 0.15) is 135 Å². The normalized spacial score (nSPS) is 19.7. The van der Waals surface area contributed by atoms with E-state index in [1.54, 1.807) is 4.90 Å². The number of alkyl halides is 1. The SMILES string of the molecule is BrCCC1CCCCC1.CCC(=O)N(C[C@@H]1CCCN(C(=O)OCc2ccccc2)C1)c1ccccc1.CCC(=O)N(C[C@@H]1CCCN(CCC2CCCCC2)C1)c1ccccc1. The van der Waals surface area contributed by atoms with Gasteiger partial charge in [0.15, 0.2) is 0 Å². The number of halogens is 1. The molecule has 0 radical (unpaired) electrons. The molecular weight excluding hydrogens is 849 g/mol. The molecule has 9 heteroatoms. The number of carbonyl (C=O) groups is 3. The highest BCUT2D eigenvalue weighted by atomic mass is 79.9. The second kappa shape index (κ2) is 29.0. The molecule has 7 rings (SSSR count). The van der Waals surface area contributed by atoms with Crippen molar-refractivity contribution >= 4 is 45.2 Å². The van der Waals surface area contributed by atoms with Gasteiger partial charge < -0.3 is 24.3 Å². The van der Waals surface area contributed by atoms with Gasteiger partial charge in [0.1, 0.15) is 6.61 Å². The largest absolute Gasteiger partial charge is 0.445 e. The Morgan fingerprint density at radius 3 is 1.54 bits per heavy atom. The van der Waals surface area contributed by atoms with Gasteiger partial charge in [0, 0.05) is 62.3 Å². The minimum Gasteiger partial charge on any atom is -0.445 e. The Morgan fingerprint density at radius 1 is 0.571 bits per heavy atom. The molecule has 2 aliphatic heterocycles. The Kier molecular flexibility index (Phi) is 23.1. The van der Waals surface area contributed by atoms with Gasteiger partial charge >= 0.3 is 6.09 Å². The van der Waals surface area contributed by atoms with E-state index in [4.69, 9.17) is 4.74 Å². The lowest BCUT2D eigenvalue weighted by Gasteiger charge is -2.36. The predicted octanol–water partition coefficient (Wildman–Crippen LogP) is 12.9. The molecule has 0 bridgehead atoms. The molecule has 2 saturated carbocycles. The zero-order valence-corrected chi connectivity index (χ0v) is 40.4. The van der Waals surface area contributed by atoms with E-state index in [0.29, 0.717) is 38.4 Å². The smallest absolute Gasteiger partial charge is 0.410 e. The van der Waals surface area contributed by atoms with Crippen LogP contribution in [0, 0.1) is 23.7 Å². The number of amides is 3. The van der Waals surface area contributed by atoms with Crippen molar-refractivity contribution in [3.8, 4) is 0 Å². The third-order valence-corrected chi connectivity index (χ3v) is 14.1. The van der Waals surface area contributed by atoms with Crippen LogP contribution in [0.5, 0.6) is 0 Å². The van der Waals surface area contributed by atoms with Crippen molar-refractivity contribution in [2.24, 2.45) is 23.7 Å². The molecule has 0 aromatic heterocycles. The topological polar surface area (TPSA) is 73.4 Å². The van der Waals surface area contributed by atoms with Gasteiger partial charge in [-0.05, 0) is 105 Å². The van der Waals surface area contributed by atoms with Crippen molar-refractivity contribution in [2.45, 2.75) is 136 Å². The van der Waals surface area contributed by atoms with Crippen LogP contribution in [0.2, 0.25) is 0 Å². The highest BCUT2D eigenvalue weighted by Gasteiger charge is 2.29. The summed E-state index contributed by atoms with van der Waals surface area (Å²) in [5.74, 6) is 3.22. The van der Waals surface area contributed by atoms with Crippen LogP contribution in [-0.4, -0.2) is 78.9 Å². The van der Waals surface area contributed by atoms with Crippen molar-refractivity contribution in [3.05, 3.63) is 96.6 Å². The second-order valence-electron chi connectivity index (χ2n) is 18.5. The fraction of sp³-hybridized carbons (Fsp3) is 0.611. The maximum atomic E-state index is 12.5. The van der Waals surface area contributed by atoms with Crippen molar-refractivity contribution in [2.75, 3.05) is 60.9 Å². The summed E-state index contributed by atoms with van der Waals surface area (Å²) in [7, 11) is 0. The molecule has 2 atom stereocenters. The molecule has 8 nitrogen and oxygen atoms in total. The molecule has 3 amide bonds. The van der Waals surface area contributed by atoms with Crippen LogP contribution >= 0.6 is 15.9 Å². The monoisotopic (exact) mass is 927 g/mol. The third-order valence-electron chi connectivity index (χ3n) is 13.6. The summed E-state index contributed by atoms with van der Waals surface area (Å²) in [6, 6.07) is 29.7. The molecule has 2 saturated heterocycles. The number of hydrogen-bond acceptors (Lipinski definition) is 5. The van der Waals surface area contributed by atoms with Crippen LogP contribution in [0.15, 0.2) is 91.0 Å². The van der Waals surface area contributed by atoms with Gasteiger partial charge in [-0.15, -0.1) is 0 Å². The number of nitrogens with zero attached hydrogens (tertiary/aromatic N) is 4. The first-order chi connectivity index (χ1) is 30.9. The lowest BCUT2D eigenvalue weighted by atomic mass is 9.86. The number of rotatable bonds is 15. The maximum Gasteiger partial charge on any atom is 0.410 e. The molecular formula is C54H79BrN4O4. The van der Waals surface area contributed by atoms with Gasteiger partial charge in [0.2, 0.25) is 11.8 Å². The highest BCUT2D eigenvalue weighted by Crippen LogP contribution is 2.29. The van der Waals surface area contributed by atoms with E-state index in [9.17, 15) is 14.4 Å². The molecule has 3 aromatic carbocycles. The number of piperidine rings is 2. The molecule has 2 aliphatic carbocycles. The average molecular weight is 928 g/mol. The number of para-hydroxylation sites is 2. The first kappa shape index (κ1) is 50.3. The first-order valence-electron chi connectivity index (χ1n) is 24.8. The summed E-state index contributed by atoms with van der Waals surface area (Å²) < 4.78 is 5.48. The van der Waals surface area contributed by atoms with Crippen LogP contribution in [0.25, 0.3) is 0 Å². The lowest BCUT2D eigenvalue weighted by molar-refractivity contribution is -0.119. The number of likely N-dealkylation sites (tertiary alicyclic amines) is 2. The molecule has 4 aliphatic rings. The third kappa shape index (κ3) is 18.0. The summed E-state index contributed by atoms with van der Waals surface area (Å²) in [5, 5.41) is 1.21. The molecule has 4 fully saturated rings. The fourth-order valence-electron chi connectivity index (χ4n) is 9.98. The van der Waals surface area contributed by atoms with E-state index in [-0.39, 0.29) is 30.4 Å². The molecule has 0 N–H and O–H groups in total. The van der Waals surface area contributed by atoms with Crippen LogP contribution < -0.4 is 9.80 Å². The van der Waals surface area contributed by atoms with Gasteiger partial charge in [0.05, 0.1) is 0 Å².